The van der Waals surface area contributed by atoms with Gasteiger partial charge in [-0.2, -0.15) is 4.98 Å². The molecule has 1 fully saturated rings. The molecule has 1 amide bonds. The van der Waals surface area contributed by atoms with Crippen LogP contribution in [-0.2, 0) is 19.1 Å². The maximum Gasteiger partial charge on any atom is 0.414 e. The number of carboxylic acids is 2. The number of anilines is 1. The Morgan fingerprint density at radius 3 is 2.38 bits per heavy atom. The molecule has 0 radical (unpaired) electrons. The lowest BCUT2D eigenvalue weighted by molar-refractivity contribution is -0.159. The summed E-state index contributed by atoms with van der Waals surface area (Å²) in [5.74, 6) is -3.01. The first-order valence-electron chi connectivity index (χ1n) is 11.0. The van der Waals surface area contributed by atoms with Crippen LogP contribution in [0.4, 0.5) is 5.69 Å². The van der Waals surface area contributed by atoms with E-state index in [9.17, 15) is 9.59 Å². The second kappa shape index (κ2) is 12.6. The van der Waals surface area contributed by atoms with Crippen molar-refractivity contribution in [2.45, 2.75) is 12.8 Å². The predicted octanol–water partition coefficient (Wildman–Crippen LogP) is 2.76. The van der Waals surface area contributed by atoms with Gasteiger partial charge in [0.25, 0.3) is 0 Å². The normalized spacial score (nSPS) is 13.0. The van der Waals surface area contributed by atoms with Gasteiger partial charge in [-0.15, -0.1) is 0 Å². The molecule has 0 unspecified atom stereocenters. The maximum atomic E-state index is 12.3. The van der Waals surface area contributed by atoms with E-state index in [4.69, 9.17) is 40.7 Å². The first kappa shape index (κ1) is 27.3. The molecule has 0 bridgehead atoms. The Kier molecular flexibility index (Phi) is 9.30. The molecule has 37 heavy (non-hydrogen) atoms. The van der Waals surface area contributed by atoms with Crippen LogP contribution in [-0.4, -0.2) is 75.3 Å². The fourth-order valence-electron chi connectivity index (χ4n) is 3.31. The molecule has 0 atom stereocenters. The summed E-state index contributed by atoms with van der Waals surface area (Å²) in [5, 5.41) is 22.2. The quantitative estimate of drug-likeness (QED) is 0.303. The highest BCUT2D eigenvalue weighted by Gasteiger charge is 2.33. The van der Waals surface area contributed by atoms with Crippen LogP contribution in [0, 0.1) is 0 Å². The highest BCUT2D eigenvalue weighted by atomic mass is 35.5. The molecule has 1 aliphatic heterocycles. The van der Waals surface area contributed by atoms with Crippen LogP contribution in [0.25, 0.3) is 11.4 Å². The SMILES string of the molecule is CCOC(=O)c1ccc(NC(=O)CN2CC(c3nc(-c4cccc(Cl)c4)no3)C2)cc1.O=C(O)C(=O)O. The molecule has 12 nitrogen and oxygen atoms in total. The number of carbonyl (C=O) groups excluding carboxylic acids is 2. The van der Waals surface area contributed by atoms with Crippen molar-refractivity contribution in [3.8, 4) is 11.4 Å². The zero-order chi connectivity index (χ0) is 26.9. The Bertz CT molecular complexity index is 1260. The Labute approximate surface area is 215 Å². The molecule has 194 valence electrons. The molecule has 2 aromatic carbocycles. The van der Waals surface area contributed by atoms with Crippen LogP contribution in [0.15, 0.2) is 53.1 Å². The third-order valence-electron chi connectivity index (χ3n) is 5.06. The lowest BCUT2D eigenvalue weighted by Crippen LogP contribution is -2.48. The lowest BCUT2D eigenvalue weighted by Gasteiger charge is -2.36. The molecule has 13 heteroatoms. The zero-order valence-electron chi connectivity index (χ0n) is 19.6. The summed E-state index contributed by atoms with van der Waals surface area (Å²) in [4.78, 5) is 48.6. The summed E-state index contributed by atoms with van der Waals surface area (Å²) in [7, 11) is 0. The maximum absolute atomic E-state index is 12.3. The number of amides is 1. The standard InChI is InChI=1S/C22H21ClN4O4.C2H2O4/c1-2-30-22(29)14-6-8-18(9-7-14)24-19(28)13-27-11-16(12-27)21-25-20(26-31-21)15-4-3-5-17(23)10-15;3-1(4)2(5)6/h3-10,16H,2,11-13H2,1H3,(H,24,28);(H,3,4)(H,5,6). The summed E-state index contributed by atoms with van der Waals surface area (Å²) in [6.07, 6.45) is 0. The number of aromatic nitrogens is 2. The van der Waals surface area contributed by atoms with E-state index >= 15 is 0 Å². The summed E-state index contributed by atoms with van der Waals surface area (Å²) in [6.45, 7) is 3.65. The topological polar surface area (TPSA) is 172 Å². The number of nitrogens with one attached hydrogen (secondary N) is 1. The van der Waals surface area contributed by atoms with Crippen molar-refractivity contribution in [3.05, 3.63) is 65.0 Å². The molecule has 2 heterocycles. The van der Waals surface area contributed by atoms with Gasteiger partial charge in [-0.3, -0.25) is 9.69 Å². The minimum Gasteiger partial charge on any atom is -0.473 e. The number of benzene rings is 2. The van der Waals surface area contributed by atoms with Crippen LogP contribution in [0.3, 0.4) is 0 Å². The molecular weight excluding hydrogens is 508 g/mol. The monoisotopic (exact) mass is 530 g/mol. The summed E-state index contributed by atoms with van der Waals surface area (Å²) < 4.78 is 10.3. The molecule has 0 saturated carbocycles. The minimum atomic E-state index is -1.82. The van der Waals surface area contributed by atoms with Gasteiger partial charge >= 0.3 is 17.9 Å². The van der Waals surface area contributed by atoms with Crippen LogP contribution in [0.2, 0.25) is 5.02 Å². The number of hydrogen-bond acceptors (Lipinski definition) is 9. The summed E-state index contributed by atoms with van der Waals surface area (Å²) in [6, 6.07) is 13.9. The van der Waals surface area contributed by atoms with Crippen LogP contribution < -0.4 is 5.32 Å². The summed E-state index contributed by atoms with van der Waals surface area (Å²) >= 11 is 6.01. The van der Waals surface area contributed by atoms with E-state index in [0.717, 1.165) is 5.56 Å². The molecule has 4 rings (SSSR count). The minimum absolute atomic E-state index is 0.0945. The van der Waals surface area contributed by atoms with Crippen molar-refractivity contribution in [1.29, 1.82) is 0 Å². The van der Waals surface area contributed by atoms with Crippen molar-refractivity contribution >= 4 is 41.1 Å². The van der Waals surface area contributed by atoms with E-state index in [0.29, 0.717) is 47.7 Å². The number of carbonyl (C=O) groups is 4. The van der Waals surface area contributed by atoms with Gasteiger partial charge in [0.2, 0.25) is 17.6 Å². The number of aliphatic carboxylic acids is 2. The molecule has 3 aromatic rings. The van der Waals surface area contributed by atoms with Crippen molar-refractivity contribution in [3.63, 3.8) is 0 Å². The van der Waals surface area contributed by atoms with Crippen LogP contribution in [0.5, 0.6) is 0 Å². The molecule has 0 aliphatic carbocycles. The molecular formula is C24H23ClN4O8. The number of rotatable bonds is 7. The van der Waals surface area contributed by atoms with Crippen molar-refractivity contribution in [2.24, 2.45) is 0 Å². The molecule has 0 spiro atoms. The molecule has 1 saturated heterocycles. The molecule has 1 aromatic heterocycles. The van der Waals surface area contributed by atoms with Crippen LogP contribution >= 0.6 is 11.6 Å². The second-order valence-corrected chi connectivity index (χ2v) is 8.25. The van der Waals surface area contributed by atoms with Crippen molar-refractivity contribution in [1.82, 2.24) is 15.0 Å². The Morgan fingerprint density at radius 1 is 1.11 bits per heavy atom. The fourth-order valence-corrected chi connectivity index (χ4v) is 3.50. The second-order valence-electron chi connectivity index (χ2n) is 7.81. The van der Waals surface area contributed by atoms with E-state index in [1.54, 1.807) is 43.3 Å². The van der Waals surface area contributed by atoms with Crippen molar-refractivity contribution in [2.75, 3.05) is 31.6 Å². The Morgan fingerprint density at radius 2 is 1.78 bits per heavy atom. The fraction of sp³-hybridized carbons (Fsp3) is 0.250. The number of halogens is 1. The number of esters is 1. The van der Waals surface area contributed by atoms with Gasteiger partial charge in [0.15, 0.2) is 0 Å². The first-order chi connectivity index (χ1) is 17.7. The average Bonchev–Trinajstić information content (AvgIpc) is 3.32. The smallest absolute Gasteiger partial charge is 0.414 e. The molecule has 3 N–H and O–H groups in total. The zero-order valence-corrected chi connectivity index (χ0v) is 20.3. The van der Waals surface area contributed by atoms with E-state index in [2.05, 4.69) is 15.5 Å². The van der Waals surface area contributed by atoms with Crippen LogP contribution in [0.1, 0.15) is 29.1 Å². The third kappa shape index (κ3) is 7.85. The first-order valence-corrected chi connectivity index (χ1v) is 11.4. The summed E-state index contributed by atoms with van der Waals surface area (Å²) in [5.41, 5.74) is 1.87. The average molecular weight is 531 g/mol. The Hall–Kier alpha value is -4.29. The highest BCUT2D eigenvalue weighted by molar-refractivity contribution is 6.30. The van der Waals surface area contributed by atoms with Gasteiger partial charge in [-0.1, -0.05) is 28.9 Å². The largest absolute Gasteiger partial charge is 0.473 e. The number of likely N-dealkylation sites (tertiary alicyclic amines) is 1. The van der Waals surface area contributed by atoms with E-state index in [-0.39, 0.29) is 24.3 Å². The van der Waals surface area contributed by atoms with E-state index in [1.807, 2.05) is 17.0 Å². The van der Waals surface area contributed by atoms with Gasteiger partial charge in [-0.25, -0.2) is 14.4 Å². The van der Waals surface area contributed by atoms with Crippen molar-refractivity contribution < 1.29 is 38.7 Å². The van der Waals surface area contributed by atoms with E-state index < -0.39 is 11.9 Å². The number of hydrogen-bond donors (Lipinski definition) is 3. The van der Waals surface area contributed by atoms with Gasteiger partial charge < -0.3 is 24.8 Å². The highest BCUT2D eigenvalue weighted by Crippen LogP contribution is 2.28. The molecule has 1 aliphatic rings. The predicted molar refractivity (Wildman–Crippen MR) is 130 cm³/mol. The lowest BCUT2D eigenvalue weighted by atomic mass is 10.0. The number of carboxylic acid groups (broad SMARTS) is 2. The number of ether oxygens (including phenoxy) is 1. The van der Waals surface area contributed by atoms with Gasteiger partial charge in [0.1, 0.15) is 0 Å². The van der Waals surface area contributed by atoms with Gasteiger partial charge in [-0.05, 0) is 43.3 Å². The third-order valence-corrected chi connectivity index (χ3v) is 5.30. The van der Waals surface area contributed by atoms with Gasteiger partial charge in [0.05, 0.1) is 24.6 Å². The number of nitrogens with zero attached hydrogens (tertiary/aromatic N) is 3. The van der Waals surface area contributed by atoms with Gasteiger partial charge in [0, 0.05) is 29.4 Å². The van der Waals surface area contributed by atoms with E-state index in [1.165, 1.54) is 0 Å². The Balaban J connectivity index is 0.000000568.